The summed E-state index contributed by atoms with van der Waals surface area (Å²) >= 11 is 5.75. The molecule has 0 radical (unpaired) electrons. The van der Waals surface area contributed by atoms with Crippen molar-refractivity contribution in [1.29, 1.82) is 0 Å². The Balaban J connectivity index is 1.85. The molecule has 0 aromatic carbocycles. The lowest BCUT2D eigenvalue weighted by Gasteiger charge is -2.26. The molecule has 1 aliphatic rings. The minimum absolute atomic E-state index is 0.127. The number of anilines is 1. The Morgan fingerprint density at radius 3 is 2.89 bits per heavy atom. The van der Waals surface area contributed by atoms with E-state index in [0.29, 0.717) is 12.4 Å². The van der Waals surface area contributed by atoms with Crippen LogP contribution < -0.4 is 5.32 Å². The summed E-state index contributed by atoms with van der Waals surface area (Å²) in [5.74, 6) is -0.600. The fraction of sp³-hybridized carbons (Fsp3) is 0.500. The first kappa shape index (κ1) is 14.0. The van der Waals surface area contributed by atoms with Gasteiger partial charge in [-0.05, 0) is 12.1 Å². The number of hydrogen-bond acceptors (Lipinski definition) is 5. The minimum atomic E-state index is -1.12. The van der Waals surface area contributed by atoms with Gasteiger partial charge in [0.25, 0.3) is 0 Å². The van der Waals surface area contributed by atoms with Crippen LogP contribution in [0.1, 0.15) is 10.5 Å². The molecule has 0 spiro atoms. The van der Waals surface area contributed by atoms with Crippen molar-refractivity contribution in [3.8, 4) is 0 Å². The summed E-state index contributed by atoms with van der Waals surface area (Å²) in [6.45, 7) is 4.96. The Morgan fingerprint density at radius 2 is 2.21 bits per heavy atom. The van der Waals surface area contributed by atoms with Crippen molar-refractivity contribution >= 4 is 23.4 Å². The van der Waals surface area contributed by atoms with Crippen molar-refractivity contribution < 1.29 is 14.6 Å². The van der Waals surface area contributed by atoms with Gasteiger partial charge in [0.05, 0.1) is 18.2 Å². The van der Waals surface area contributed by atoms with Gasteiger partial charge in [0.2, 0.25) is 0 Å². The first-order valence-corrected chi connectivity index (χ1v) is 6.48. The van der Waals surface area contributed by atoms with Gasteiger partial charge in [0, 0.05) is 26.2 Å². The predicted molar refractivity (Wildman–Crippen MR) is 72.0 cm³/mol. The maximum absolute atomic E-state index is 10.9. The molecule has 0 bridgehead atoms. The Morgan fingerprint density at radius 1 is 1.47 bits per heavy atom. The average Bonchev–Trinajstić information content (AvgIpc) is 2.41. The number of carboxylic acids is 1. The zero-order valence-corrected chi connectivity index (χ0v) is 11.2. The van der Waals surface area contributed by atoms with Crippen molar-refractivity contribution in [2.75, 3.05) is 44.7 Å². The summed E-state index contributed by atoms with van der Waals surface area (Å²) in [5.41, 5.74) is -0.127. The number of aromatic nitrogens is 1. The fourth-order valence-electron chi connectivity index (χ4n) is 1.86. The van der Waals surface area contributed by atoms with Gasteiger partial charge < -0.3 is 15.2 Å². The molecule has 1 aromatic rings. The molecule has 0 unspecified atom stereocenters. The quantitative estimate of drug-likeness (QED) is 0.846. The number of morpholine rings is 1. The maximum Gasteiger partial charge on any atom is 0.356 e. The van der Waals surface area contributed by atoms with Crippen molar-refractivity contribution in [3.63, 3.8) is 0 Å². The molecule has 0 atom stereocenters. The van der Waals surface area contributed by atoms with Crippen LogP contribution >= 0.6 is 11.6 Å². The third-order valence-corrected chi connectivity index (χ3v) is 3.19. The molecule has 6 nitrogen and oxygen atoms in total. The highest BCUT2D eigenvalue weighted by Gasteiger charge is 2.12. The number of rotatable bonds is 5. The zero-order valence-electron chi connectivity index (χ0n) is 10.4. The number of hydrogen-bond donors (Lipinski definition) is 2. The number of carbonyl (C=O) groups is 1. The van der Waals surface area contributed by atoms with Crippen LogP contribution in [0.15, 0.2) is 12.1 Å². The summed E-state index contributed by atoms with van der Waals surface area (Å²) in [6.07, 6.45) is 0. The fourth-order valence-corrected chi connectivity index (χ4v) is 2.04. The molecule has 1 saturated heterocycles. The van der Waals surface area contributed by atoms with E-state index in [1.807, 2.05) is 0 Å². The number of aromatic carboxylic acids is 1. The van der Waals surface area contributed by atoms with E-state index in [1.165, 1.54) is 6.07 Å². The van der Waals surface area contributed by atoms with Crippen molar-refractivity contribution in [2.45, 2.75) is 0 Å². The van der Waals surface area contributed by atoms with E-state index in [4.69, 9.17) is 21.4 Å². The lowest BCUT2D eigenvalue weighted by molar-refractivity contribution is 0.0398. The van der Waals surface area contributed by atoms with Gasteiger partial charge >= 0.3 is 5.97 Å². The Kier molecular flexibility index (Phi) is 4.95. The van der Waals surface area contributed by atoms with Crippen LogP contribution in [-0.2, 0) is 4.74 Å². The molecule has 2 heterocycles. The molecule has 1 fully saturated rings. The third kappa shape index (κ3) is 4.05. The molecule has 104 valence electrons. The summed E-state index contributed by atoms with van der Waals surface area (Å²) in [4.78, 5) is 17.1. The van der Waals surface area contributed by atoms with Crippen LogP contribution in [0.3, 0.4) is 0 Å². The van der Waals surface area contributed by atoms with Crippen molar-refractivity contribution in [1.82, 2.24) is 9.88 Å². The van der Waals surface area contributed by atoms with Crippen LogP contribution in [0, 0.1) is 0 Å². The van der Waals surface area contributed by atoms with Gasteiger partial charge in [0.1, 0.15) is 5.82 Å². The molecule has 0 amide bonds. The van der Waals surface area contributed by atoms with Crippen LogP contribution in [-0.4, -0.2) is 60.4 Å². The van der Waals surface area contributed by atoms with E-state index < -0.39 is 5.97 Å². The molecule has 1 aromatic heterocycles. The average molecular weight is 286 g/mol. The van der Waals surface area contributed by atoms with E-state index in [1.54, 1.807) is 6.07 Å². The second-order valence-corrected chi connectivity index (χ2v) is 4.62. The Hall–Kier alpha value is -1.37. The second-order valence-electron chi connectivity index (χ2n) is 4.21. The molecule has 2 rings (SSSR count). The first-order valence-electron chi connectivity index (χ1n) is 6.10. The van der Waals surface area contributed by atoms with E-state index in [9.17, 15) is 4.79 Å². The van der Waals surface area contributed by atoms with Gasteiger partial charge in [-0.25, -0.2) is 9.78 Å². The van der Waals surface area contributed by atoms with E-state index in [0.717, 1.165) is 32.8 Å². The van der Waals surface area contributed by atoms with E-state index >= 15 is 0 Å². The topological polar surface area (TPSA) is 74.7 Å². The van der Waals surface area contributed by atoms with Crippen LogP contribution in [0.2, 0.25) is 5.02 Å². The van der Waals surface area contributed by atoms with E-state index in [-0.39, 0.29) is 10.7 Å². The lowest BCUT2D eigenvalue weighted by Crippen LogP contribution is -2.39. The van der Waals surface area contributed by atoms with Gasteiger partial charge in [0.15, 0.2) is 5.69 Å². The second kappa shape index (κ2) is 6.70. The predicted octanol–water partition coefficient (Wildman–Crippen LogP) is 1.18. The number of pyridine rings is 1. The summed E-state index contributed by atoms with van der Waals surface area (Å²) in [5, 5.41) is 12.2. The standard InChI is InChI=1S/C12H16ClN3O3/c13-9-1-2-10(15-11(9)12(17)18)14-3-4-16-5-7-19-8-6-16/h1-2H,3-8H2,(H,14,15)(H,17,18). The number of nitrogens with one attached hydrogen (secondary N) is 1. The Labute approximate surface area is 116 Å². The highest BCUT2D eigenvalue weighted by Crippen LogP contribution is 2.16. The normalized spacial score (nSPS) is 16.3. The summed E-state index contributed by atoms with van der Waals surface area (Å²) in [7, 11) is 0. The monoisotopic (exact) mass is 285 g/mol. The summed E-state index contributed by atoms with van der Waals surface area (Å²) in [6, 6.07) is 3.21. The molecule has 7 heteroatoms. The molecule has 0 aliphatic carbocycles. The molecule has 2 N–H and O–H groups in total. The molecule has 1 aliphatic heterocycles. The number of carboxylic acid groups (broad SMARTS) is 1. The van der Waals surface area contributed by atoms with Crippen molar-refractivity contribution in [3.05, 3.63) is 22.8 Å². The number of ether oxygens (including phenoxy) is 1. The lowest BCUT2D eigenvalue weighted by atomic mass is 10.3. The van der Waals surface area contributed by atoms with Crippen LogP contribution in [0.4, 0.5) is 5.82 Å². The Bertz CT molecular complexity index is 450. The smallest absolute Gasteiger partial charge is 0.356 e. The molecule has 19 heavy (non-hydrogen) atoms. The van der Waals surface area contributed by atoms with Gasteiger partial charge in [-0.15, -0.1) is 0 Å². The molecular weight excluding hydrogens is 270 g/mol. The van der Waals surface area contributed by atoms with Crippen LogP contribution in [0.25, 0.3) is 0 Å². The van der Waals surface area contributed by atoms with Gasteiger partial charge in [-0.1, -0.05) is 11.6 Å². The third-order valence-electron chi connectivity index (χ3n) is 2.89. The highest BCUT2D eigenvalue weighted by molar-refractivity contribution is 6.33. The highest BCUT2D eigenvalue weighted by atomic mass is 35.5. The molecule has 0 saturated carbocycles. The number of halogens is 1. The first-order chi connectivity index (χ1) is 9.16. The van der Waals surface area contributed by atoms with Gasteiger partial charge in [-0.2, -0.15) is 0 Å². The number of nitrogens with zero attached hydrogens (tertiary/aromatic N) is 2. The van der Waals surface area contributed by atoms with Crippen LogP contribution in [0.5, 0.6) is 0 Å². The zero-order chi connectivity index (χ0) is 13.7. The van der Waals surface area contributed by atoms with E-state index in [2.05, 4.69) is 15.2 Å². The van der Waals surface area contributed by atoms with Gasteiger partial charge in [-0.3, -0.25) is 4.90 Å². The molecular formula is C12H16ClN3O3. The van der Waals surface area contributed by atoms with Crippen molar-refractivity contribution in [2.24, 2.45) is 0 Å². The minimum Gasteiger partial charge on any atom is -0.476 e. The summed E-state index contributed by atoms with van der Waals surface area (Å²) < 4.78 is 5.27. The largest absolute Gasteiger partial charge is 0.476 e. The maximum atomic E-state index is 10.9. The SMILES string of the molecule is O=C(O)c1nc(NCCN2CCOCC2)ccc1Cl.